The quantitative estimate of drug-likeness (QED) is 0.318. The van der Waals surface area contributed by atoms with Crippen molar-refractivity contribution < 1.29 is 9.53 Å². The van der Waals surface area contributed by atoms with Crippen molar-refractivity contribution in [1.82, 2.24) is 15.1 Å². The van der Waals surface area contributed by atoms with Crippen molar-refractivity contribution in [3.63, 3.8) is 0 Å². The second kappa shape index (κ2) is 11.5. The van der Waals surface area contributed by atoms with E-state index in [1.165, 1.54) is 32.5 Å². The zero-order valence-electron chi connectivity index (χ0n) is 17.9. The van der Waals surface area contributed by atoms with Gasteiger partial charge in [0.25, 0.3) is 0 Å². The molecular weight excluding hydrogens is 340 g/mol. The molecule has 0 aliphatic carbocycles. The van der Waals surface area contributed by atoms with Gasteiger partial charge in [-0.1, -0.05) is 13.8 Å². The van der Waals surface area contributed by atoms with Crippen molar-refractivity contribution in [3.05, 3.63) is 0 Å². The van der Waals surface area contributed by atoms with Crippen LogP contribution in [0.2, 0.25) is 0 Å². The third-order valence-corrected chi connectivity index (χ3v) is 5.75. The molecule has 2 atom stereocenters. The molecular formula is C21H40N4O2. The minimum Gasteiger partial charge on any atom is -0.466 e. The zero-order chi connectivity index (χ0) is 19.6. The molecule has 2 rings (SSSR count). The second-order valence-corrected chi connectivity index (χ2v) is 8.40. The van der Waals surface area contributed by atoms with Crippen molar-refractivity contribution in [2.24, 2.45) is 22.7 Å². The number of hydrogen-bond donors (Lipinski definition) is 1. The number of carbonyl (C=O) groups is 1. The average Bonchev–Trinajstić information content (AvgIpc) is 2.64. The molecule has 6 nitrogen and oxygen atoms in total. The first-order valence-electron chi connectivity index (χ1n) is 10.9. The molecule has 0 aromatic heterocycles. The first-order chi connectivity index (χ1) is 13.0. The standard InChI is InChI=1S/C21H40N4O2/c1-5-27-20(26)19-8-12-25(13-9-19)21(22-4)23-10-6-7-11-24-15-17(2)14-18(3)16-24/h17-19H,5-16H2,1-4H3,(H,22,23). The van der Waals surface area contributed by atoms with E-state index in [2.05, 4.69) is 34.0 Å². The van der Waals surface area contributed by atoms with Crippen LogP contribution in [0.4, 0.5) is 0 Å². The second-order valence-electron chi connectivity index (χ2n) is 8.40. The highest BCUT2D eigenvalue weighted by atomic mass is 16.5. The molecule has 1 N–H and O–H groups in total. The van der Waals surface area contributed by atoms with E-state index in [1.54, 1.807) is 0 Å². The number of piperidine rings is 2. The van der Waals surface area contributed by atoms with Gasteiger partial charge in [0.15, 0.2) is 5.96 Å². The smallest absolute Gasteiger partial charge is 0.309 e. The topological polar surface area (TPSA) is 57.2 Å². The number of ether oxygens (including phenoxy) is 1. The van der Waals surface area contributed by atoms with Gasteiger partial charge in [-0.25, -0.2) is 0 Å². The number of hydrogen-bond acceptors (Lipinski definition) is 4. The molecule has 0 saturated carbocycles. The monoisotopic (exact) mass is 380 g/mol. The minimum absolute atomic E-state index is 0.0403. The lowest BCUT2D eigenvalue weighted by Gasteiger charge is -2.35. The predicted molar refractivity (Wildman–Crippen MR) is 111 cm³/mol. The molecule has 0 amide bonds. The molecule has 0 radical (unpaired) electrons. The van der Waals surface area contributed by atoms with Gasteiger partial charge >= 0.3 is 5.97 Å². The van der Waals surface area contributed by atoms with Crippen LogP contribution < -0.4 is 5.32 Å². The van der Waals surface area contributed by atoms with Crippen molar-refractivity contribution in [2.75, 3.05) is 52.9 Å². The Hall–Kier alpha value is -1.30. The van der Waals surface area contributed by atoms with Gasteiger partial charge < -0.3 is 19.9 Å². The summed E-state index contributed by atoms with van der Waals surface area (Å²) in [4.78, 5) is 21.2. The van der Waals surface area contributed by atoms with Crippen molar-refractivity contribution in [1.29, 1.82) is 0 Å². The van der Waals surface area contributed by atoms with E-state index in [0.717, 1.165) is 56.7 Å². The summed E-state index contributed by atoms with van der Waals surface area (Å²) in [6.07, 6.45) is 5.48. The molecule has 2 fully saturated rings. The van der Waals surface area contributed by atoms with Crippen LogP contribution in [0.3, 0.4) is 0 Å². The molecule has 2 heterocycles. The first-order valence-corrected chi connectivity index (χ1v) is 10.9. The fraction of sp³-hybridized carbons (Fsp3) is 0.905. The Morgan fingerprint density at radius 2 is 1.81 bits per heavy atom. The summed E-state index contributed by atoms with van der Waals surface area (Å²) in [7, 11) is 1.84. The van der Waals surface area contributed by atoms with E-state index in [4.69, 9.17) is 4.74 Å². The van der Waals surface area contributed by atoms with E-state index in [-0.39, 0.29) is 11.9 Å². The molecule has 0 bridgehead atoms. The lowest BCUT2D eigenvalue weighted by atomic mass is 9.92. The Bertz CT molecular complexity index is 465. The summed E-state index contributed by atoms with van der Waals surface area (Å²) < 4.78 is 5.15. The highest BCUT2D eigenvalue weighted by molar-refractivity contribution is 5.80. The normalized spacial score (nSPS) is 25.5. The Kier molecular flexibility index (Phi) is 9.39. The molecule has 156 valence electrons. The summed E-state index contributed by atoms with van der Waals surface area (Å²) in [5.74, 6) is 2.65. The van der Waals surface area contributed by atoms with E-state index in [0.29, 0.717) is 6.61 Å². The Balaban J connectivity index is 1.61. The van der Waals surface area contributed by atoms with Crippen LogP contribution in [0, 0.1) is 17.8 Å². The number of nitrogens with zero attached hydrogens (tertiary/aromatic N) is 3. The molecule has 0 aromatic rings. The third-order valence-electron chi connectivity index (χ3n) is 5.75. The Labute approximate surface area is 165 Å². The molecule has 2 saturated heterocycles. The lowest BCUT2D eigenvalue weighted by Crippen LogP contribution is -2.47. The predicted octanol–water partition coefficient (Wildman–Crippen LogP) is 2.60. The van der Waals surface area contributed by atoms with Crippen molar-refractivity contribution >= 4 is 11.9 Å². The van der Waals surface area contributed by atoms with Gasteiger partial charge in [0.1, 0.15) is 0 Å². The minimum atomic E-state index is -0.0403. The number of carbonyl (C=O) groups excluding carboxylic acids is 1. The molecule has 0 spiro atoms. The fourth-order valence-corrected chi connectivity index (χ4v) is 4.55. The SMILES string of the molecule is CCOC(=O)C1CCN(C(=NC)NCCCCN2CC(C)CC(C)C2)CC1. The van der Waals surface area contributed by atoms with Gasteiger partial charge in [0.2, 0.25) is 0 Å². The van der Waals surface area contributed by atoms with Gasteiger partial charge in [0, 0.05) is 39.8 Å². The van der Waals surface area contributed by atoms with E-state index in [9.17, 15) is 4.79 Å². The molecule has 2 unspecified atom stereocenters. The number of unbranched alkanes of at least 4 members (excludes halogenated alkanes) is 1. The fourth-order valence-electron chi connectivity index (χ4n) is 4.55. The van der Waals surface area contributed by atoms with E-state index < -0.39 is 0 Å². The lowest BCUT2D eigenvalue weighted by molar-refractivity contribution is -0.149. The van der Waals surface area contributed by atoms with Crippen LogP contribution in [0.25, 0.3) is 0 Å². The maximum Gasteiger partial charge on any atom is 0.309 e. The molecule has 6 heteroatoms. The number of guanidine groups is 1. The molecule has 2 aliphatic rings. The molecule has 0 aromatic carbocycles. The summed E-state index contributed by atoms with van der Waals surface area (Å²) in [6.45, 7) is 13.5. The molecule has 2 aliphatic heterocycles. The third kappa shape index (κ3) is 7.32. The van der Waals surface area contributed by atoms with Crippen LogP contribution in [0.1, 0.15) is 52.9 Å². The van der Waals surface area contributed by atoms with E-state index >= 15 is 0 Å². The van der Waals surface area contributed by atoms with Crippen molar-refractivity contribution in [3.8, 4) is 0 Å². The summed E-state index contributed by atoms with van der Waals surface area (Å²) in [5.41, 5.74) is 0. The Morgan fingerprint density at radius 1 is 1.15 bits per heavy atom. The Morgan fingerprint density at radius 3 is 2.41 bits per heavy atom. The molecule has 27 heavy (non-hydrogen) atoms. The van der Waals surface area contributed by atoms with E-state index in [1.807, 2.05) is 14.0 Å². The van der Waals surface area contributed by atoms with Crippen LogP contribution >= 0.6 is 0 Å². The highest BCUT2D eigenvalue weighted by Crippen LogP contribution is 2.21. The largest absolute Gasteiger partial charge is 0.466 e. The van der Waals surface area contributed by atoms with Crippen LogP contribution in [0.5, 0.6) is 0 Å². The van der Waals surface area contributed by atoms with Gasteiger partial charge in [-0.05, 0) is 57.4 Å². The number of nitrogens with one attached hydrogen (secondary N) is 1. The van der Waals surface area contributed by atoms with Gasteiger partial charge in [-0.3, -0.25) is 9.79 Å². The van der Waals surface area contributed by atoms with Gasteiger partial charge in [-0.2, -0.15) is 0 Å². The van der Waals surface area contributed by atoms with Gasteiger partial charge in [-0.15, -0.1) is 0 Å². The summed E-state index contributed by atoms with van der Waals surface area (Å²) in [5, 5.41) is 3.50. The first kappa shape index (κ1) is 22.0. The van der Waals surface area contributed by atoms with Crippen molar-refractivity contribution in [2.45, 2.75) is 52.9 Å². The maximum atomic E-state index is 11.9. The summed E-state index contributed by atoms with van der Waals surface area (Å²) in [6, 6.07) is 0. The van der Waals surface area contributed by atoms with Crippen LogP contribution in [0.15, 0.2) is 4.99 Å². The number of likely N-dealkylation sites (tertiary alicyclic amines) is 2. The van der Waals surface area contributed by atoms with Crippen LogP contribution in [-0.4, -0.2) is 74.7 Å². The number of aliphatic imine (C=N–C) groups is 1. The summed E-state index contributed by atoms with van der Waals surface area (Å²) >= 11 is 0. The maximum absolute atomic E-state index is 11.9. The highest BCUT2D eigenvalue weighted by Gasteiger charge is 2.27. The van der Waals surface area contributed by atoms with Gasteiger partial charge in [0.05, 0.1) is 12.5 Å². The number of esters is 1. The van der Waals surface area contributed by atoms with Crippen LogP contribution in [-0.2, 0) is 9.53 Å². The number of rotatable bonds is 7. The zero-order valence-corrected chi connectivity index (χ0v) is 17.9. The average molecular weight is 381 g/mol.